The minimum atomic E-state index is -0.0770. The van der Waals surface area contributed by atoms with E-state index in [1.54, 1.807) is 12.1 Å². The van der Waals surface area contributed by atoms with Crippen molar-refractivity contribution in [2.45, 2.75) is 32.7 Å². The van der Waals surface area contributed by atoms with E-state index in [9.17, 15) is 4.79 Å². The summed E-state index contributed by atoms with van der Waals surface area (Å²) in [6.45, 7) is 6.71. The molecule has 2 rings (SSSR count). The first-order chi connectivity index (χ1) is 10.6. The number of hydrogen-bond acceptors (Lipinski definition) is 2. The topological polar surface area (TPSA) is 38.3 Å². The monoisotopic (exact) mass is 297 g/mol. The standard InChI is InChI=1S/C19H23NO2/c1-14(2)16-9-11-18(12-10-16)22-13-15(3)20-19(21)17-7-5-4-6-8-17/h4-12,14-15H,13H2,1-3H3,(H,20,21). The maximum Gasteiger partial charge on any atom is 0.251 e. The molecule has 0 saturated carbocycles. The maximum absolute atomic E-state index is 12.0. The molecule has 1 atom stereocenters. The number of carbonyl (C=O) groups is 1. The summed E-state index contributed by atoms with van der Waals surface area (Å²) in [5.41, 5.74) is 1.95. The summed E-state index contributed by atoms with van der Waals surface area (Å²) in [6.07, 6.45) is 0. The highest BCUT2D eigenvalue weighted by Crippen LogP contribution is 2.18. The Morgan fingerprint density at radius 1 is 1.00 bits per heavy atom. The third-order valence-corrected chi connectivity index (χ3v) is 3.46. The summed E-state index contributed by atoms with van der Waals surface area (Å²) in [5.74, 6) is 1.26. The normalized spacial score (nSPS) is 12.0. The molecule has 1 unspecified atom stereocenters. The molecular weight excluding hydrogens is 274 g/mol. The maximum atomic E-state index is 12.0. The summed E-state index contributed by atoms with van der Waals surface area (Å²) in [6, 6.07) is 17.2. The summed E-state index contributed by atoms with van der Waals surface area (Å²) in [5, 5.41) is 2.93. The number of benzene rings is 2. The molecule has 22 heavy (non-hydrogen) atoms. The summed E-state index contributed by atoms with van der Waals surface area (Å²) in [4.78, 5) is 12.0. The quantitative estimate of drug-likeness (QED) is 0.875. The van der Waals surface area contributed by atoms with Crippen LogP contribution in [0.1, 0.15) is 42.6 Å². The van der Waals surface area contributed by atoms with Crippen molar-refractivity contribution in [3.8, 4) is 5.75 Å². The predicted molar refractivity (Wildman–Crippen MR) is 89.4 cm³/mol. The number of ether oxygens (including phenoxy) is 1. The fraction of sp³-hybridized carbons (Fsp3) is 0.316. The van der Waals surface area contributed by atoms with Gasteiger partial charge in [0.15, 0.2) is 0 Å². The Balaban J connectivity index is 1.82. The van der Waals surface area contributed by atoms with E-state index in [-0.39, 0.29) is 11.9 Å². The number of amides is 1. The van der Waals surface area contributed by atoms with E-state index in [0.29, 0.717) is 18.1 Å². The molecule has 0 bridgehead atoms. The molecule has 2 aromatic carbocycles. The van der Waals surface area contributed by atoms with E-state index in [4.69, 9.17) is 4.74 Å². The van der Waals surface area contributed by atoms with Crippen LogP contribution < -0.4 is 10.1 Å². The van der Waals surface area contributed by atoms with Crippen LogP contribution in [0.15, 0.2) is 54.6 Å². The summed E-state index contributed by atoms with van der Waals surface area (Å²) in [7, 11) is 0. The molecule has 0 aliphatic carbocycles. The van der Waals surface area contributed by atoms with Crippen LogP contribution in [-0.2, 0) is 0 Å². The molecule has 3 heteroatoms. The van der Waals surface area contributed by atoms with Crippen molar-refractivity contribution in [2.75, 3.05) is 6.61 Å². The van der Waals surface area contributed by atoms with Gasteiger partial charge in [-0.2, -0.15) is 0 Å². The van der Waals surface area contributed by atoms with E-state index < -0.39 is 0 Å². The van der Waals surface area contributed by atoms with Gasteiger partial charge in [-0.25, -0.2) is 0 Å². The number of hydrogen-bond donors (Lipinski definition) is 1. The Bertz CT molecular complexity index is 591. The highest BCUT2D eigenvalue weighted by molar-refractivity contribution is 5.94. The van der Waals surface area contributed by atoms with E-state index >= 15 is 0 Å². The molecule has 0 aliphatic rings. The van der Waals surface area contributed by atoms with Crippen LogP contribution in [0.25, 0.3) is 0 Å². The van der Waals surface area contributed by atoms with Crippen LogP contribution in [0.3, 0.4) is 0 Å². The second-order valence-electron chi connectivity index (χ2n) is 5.78. The van der Waals surface area contributed by atoms with E-state index in [0.717, 1.165) is 5.75 Å². The summed E-state index contributed by atoms with van der Waals surface area (Å²) < 4.78 is 5.72. The average molecular weight is 297 g/mol. The van der Waals surface area contributed by atoms with Gasteiger partial charge in [0.2, 0.25) is 0 Å². The highest BCUT2D eigenvalue weighted by Gasteiger charge is 2.10. The van der Waals surface area contributed by atoms with Gasteiger partial charge in [-0.1, -0.05) is 44.2 Å². The minimum absolute atomic E-state index is 0.0579. The zero-order valence-corrected chi connectivity index (χ0v) is 13.4. The largest absolute Gasteiger partial charge is 0.491 e. The molecule has 0 aromatic heterocycles. The van der Waals surface area contributed by atoms with Crippen LogP contribution >= 0.6 is 0 Å². The fourth-order valence-corrected chi connectivity index (χ4v) is 2.11. The van der Waals surface area contributed by atoms with Gasteiger partial charge in [0.1, 0.15) is 12.4 Å². The Morgan fingerprint density at radius 3 is 2.23 bits per heavy atom. The van der Waals surface area contributed by atoms with Crippen LogP contribution in [-0.4, -0.2) is 18.6 Å². The van der Waals surface area contributed by atoms with Crippen molar-refractivity contribution >= 4 is 5.91 Å². The molecule has 0 radical (unpaired) electrons. The molecule has 0 spiro atoms. The summed E-state index contributed by atoms with van der Waals surface area (Å²) >= 11 is 0. The molecule has 116 valence electrons. The number of nitrogens with one attached hydrogen (secondary N) is 1. The smallest absolute Gasteiger partial charge is 0.251 e. The zero-order valence-electron chi connectivity index (χ0n) is 13.4. The Hall–Kier alpha value is -2.29. The SMILES string of the molecule is CC(COc1ccc(C(C)C)cc1)NC(=O)c1ccccc1. The van der Waals surface area contributed by atoms with E-state index in [1.165, 1.54) is 5.56 Å². The molecule has 3 nitrogen and oxygen atoms in total. The zero-order chi connectivity index (χ0) is 15.9. The lowest BCUT2D eigenvalue weighted by atomic mass is 10.0. The Kier molecular flexibility index (Phi) is 5.59. The molecular formula is C19H23NO2. The first-order valence-electron chi connectivity index (χ1n) is 7.65. The predicted octanol–water partition coefficient (Wildman–Crippen LogP) is 4.01. The van der Waals surface area contributed by atoms with Gasteiger partial charge in [-0.15, -0.1) is 0 Å². The lowest BCUT2D eigenvalue weighted by Crippen LogP contribution is -2.36. The third-order valence-electron chi connectivity index (χ3n) is 3.46. The van der Waals surface area contributed by atoms with Crippen molar-refractivity contribution in [1.29, 1.82) is 0 Å². The molecule has 0 heterocycles. The van der Waals surface area contributed by atoms with Gasteiger partial charge in [0.05, 0.1) is 6.04 Å². The molecule has 1 amide bonds. The molecule has 1 N–H and O–H groups in total. The average Bonchev–Trinajstić information content (AvgIpc) is 2.54. The van der Waals surface area contributed by atoms with Crippen LogP contribution in [0.2, 0.25) is 0 Å². The molecule has 0 fully saturated rings. The van der Waals surface area contributed by atoms with E-state index in [1.807, 2.05) is 37.3 Å². The van der Waals surface area contributed by atoms with Crippen LogP contribution in [0.4, 0.5) is 0 Å². The molecule has 2 aromatic rings. The van der Waals surface area contributed by atoms with Crippen molar-refractivity contribution in [3.63, 3.8) is 0 Å². The van der Waals surface area contributed by atoms with Gasteiger partial charge in [-0.05, 0) is 42.7 Å². The number of carbonyl (C=O) groups excluding carboxylic acids is 1. The van der Waals surface area contributed by atoms with Gasteiger partial charge in [0, 0.05) is 5.56 Å². The molecule has 0 saturated heterocycles. The Labute approximate surface area is 132 Å². The van der Waals surface area contributed by atoms with E-state index in [2.05, 4.69) is 31.3 Å². The van der Waals surface area contributed by atoms with Crippen molar-refractivity contribution in [2.24, 2.45) is 0 Å². The second-order valence-corrected chi connectivity index (χ2v) is 5.78. The van der Waals surface area contributed by atoms with Crippen molar-refractivity contribution in [1.82, 2.24) is 5.32 Å². The third kappa shape index (κ3) is 4.62. The lowest BCUT2D eigenvalue weighted by molar-refractivity contribution is 0.0926. The van der Waals surface area contributed by atoms with Crippen LogP contribution in [0, 0.1) is 0 Å². The fourth-order valence-electron chi connectivity index (χ4n) is 2.11. The molecule has 0 aliphatic heterocycles. The van der Waals surface area contributed by atoms with Gasteiger partial charge < -0.3 is 10.1 Å². The van der Waals surface area contributed by atoms with Crippen LogP contribution in [0.5, 0.6) is 5.75 Å². The van der Waals surface area contributed by atoms with Gasteiger partial charge in [0.25, 0.3) is 5.91 Å². The number of rotatable bonds is 6. The highest BCUT2D eigenvalue weighted by atomic mass is 16.5. The lowest BCUT2D eigenvalue weighted by Gasteiger charge is -2.15. The second kappa shape index (κ2) is 7.64. The van der Waals surface area contributed by atoms with Gasteiger partial charge >= 0.3 is 0 Å². The van der Waals surface area contributed by atoms with Crippen molar-refractivity contribution in [3.05, 3.63) is 65.7 Å². The van der Waals surface area contributed by atoms with Crippen molar-refractivity contribution < 1.29 is 9.53 Å². The first-order valence-corrected chi connectivity index (χ1v) is 7.65. The van der Waals surface area contributed by atoms with Gasteiger partial charge in [-0.3, -0.25) is 4.79 Å². The Morgan fingerprint density at radius 2 is 1.64 bits per heavy atom. The minimum Gasteiger partial charge on any atom is -0.491 e. The first kappa shape index (κ1) is 16.1.